The highest BCUT2D eigenvalue weighted by Crippen LogP contribution is 2.43. The van der Waals surface area contributed by atoms with Crippen LogP contribution in [0.1, 0.15) is 30.5 Å². The maximum Gasteiger partial charge on any atom is 0.0552 e. The third-order valence-electron chi connectivity index (χ3n) is 5.74. The lowest BCUT2D eigenvalue weighted by molar-refractivity contribution is 0.0960. The number of halogens is 2. The molecule has 2 heterocycles. The Morgan fingerprint density at radius 3 is 2.66 bits per heavy atom. The van der Waals surface area contributed by atoms with Crippen LogP contribution in [0.3, 0.4) is 0 Å². The zero-order valence-corrected chi connectivity index (χ0v) is 18.9. The van der Waals surface area contributed by atoms with Gasteiger partial charge in [-0.15, -0.1) is 12.4 Å². The zero-order chi connectivity index (χ0) is 19.5. The maximum atomic E-state index is 8.85. The molecule has 2 aliphatic heterocycles. The van der Waals surface area contributed by atoms with E-state index in [2.05, 4.69) is 51.4 Å². The summed E-state index contributed by atoms with van der Waals surface area (Å²) >= 11 is 8.25. The molecule has 0 saturated carbocycles. The van der Waals surface area contributed by atoms with E-state index in [0.29, 0.717) is 6.04 Å². The van der Waals surface area contributed by atoms with E-state index in [1.807, 2.05) is 24.8 Å². The minimum atomic E-state index is 0. The number of hydrogen-bond donors (Lipinski definition) is 1. The van der Waals surface area contributed by atoms with E-state index >= 15 is 0 Å². The van der Waals surface area contributed by atoms with Crippen LogP contribution in [0.4, 0.5) is 0 Å². The third-order valence-corrected chi connectivity index (χ3v) is 7.19. The van der Waals surface area contributed by atoms with Crippen molar-refractivity contribution in [2.45, 2.75) is 35.6 Å². The normalized spacial score (nSPS) is 20.3. The van der Waals surface area contributed by atoms with Crippen LogP contribution >= 0.6 is 35.8 Å². The summed E-state index contributed by atoms with van der Waals surface area (Å²) in [5, 5.41) is 13.0. The van der Waals surface area contributed by atoms with Gasteiger partial charge >= 0.3 is 0 Å². The summed E-state index contributed by atoms with van der Waals surface area (Å²) in [6, 6.07) is 15.4. The first kappa shape index (κ1) is 22.4. The predicted molar refractivity (Wildman–Crippen MR) is 123 cm³/mol. The Labute approximate surface area is 188 Å². The van der Waals surface area contributed by atoms with Gasteiger partial charge in [0.1, 0.15) is 0 Å². The number of rotatable bonds is 4. The van der Waals surface area contributed by atoms with Gasteiger partial charge in [-0.05, 0) is 48.7 Å². The molecule has 2 aliphatic rings. The summed E-state index contributed by atoms with van der Waals surface area (Å²) in [6.07, 6.45) is 1.84. The first-order valence-corrected chi connectivity index (χ1v) is 11.0. The molecule has 1 N–H and O–H groups in total. The molecule has 156 valence electrons. The number of piperazine rings is 1. The minimum Gasteiger partial charge on any atom is -0.411 e. The van der Waals surface area contributed by atoms with Crippen molar-refractivity contribution in [2.75, 3.05) is 32.7 Å². The number of fused-ring (bicyclic) bond motifs is 2. The lowest BCUT2D eigenvalue weighted by Gasteiger charge is -2.39. The second-order valence-corrected chi connectivity index (χ2v) is 9.09. The van der Waals surface area contributed by atoms with Gasteiger partial charge in [-0.2, -0.15) is 0 Å². The van der Waals surface area contributed by atoms with Gasteiger partial charge in [0.05, 0.1) is 5.71 Å². The van der Waals surface area contributed by atoms with Gasteiger partial charge in [-0.25, -0.2) is 0 Å². The number of hydrogen-bond acceptors (Lipinski definition) is 5. The van der Waals surface area contributed by atoms with Crippen LogP contribution in [0.15, 0.2) is 57.4 Å². The summed E-state index contributed by atoms with van der Waals surface area (Å²) in [5.41, 5.74) is 3.57. The van der Waals surface area contributed by atoms with Crippen LogP contribution < -0.4 is 0 Å². The van der Waals surface area contributed by atoms with Gasteiger partial charge in [-0.1, -0.05) is 46.7 Å². The van der Waals surface area contributed by atoms with E-state index in [-0.39, 0.29) is 12.4 Å². The van der Waals surface area contributed by atoms with E-state index in [0.717, 1.165) is 56.3 Å². The fraction of sp³-hybridized carbons (Fsp3) is 0.409. The molecule has 0 bridgehead atoms. The highest BCUT2D eigenvalue weighted by molar-refractivity contribution is 7.99. The van der Waals surface area contributed by atoms with Gasteiger partial charge in [0.25, 0.3) is 0 Å². The lowest BCUT2D eigenvalue weighted by Crippen LogP contribution is -2.48. The van der Waals surface area contributed by atoms with Crippen molar-refractivity contribution in [3.05, 3.63) is 58.6 Å². The van der Waals surface area contributed by atoms with Crippen LogP contribution in [0.2, 0.25) is 5.02 Å². The summed E-state index contributed by atoms with van der Waals surface area (Å²) in [6.45, 7) is 6.99. The molecule has 1 saturated heterocycles. The molecular weight excluding hydrogens is 425 g/mol. The van der Waals surface area contributed by atoms with Gasteiger partial charge in [-0.3, -0.25) is 4.90 Å². The molecule has 0 aliphatic carbocycles. The molecule has 4 rings (SSSR count). The largest absolute Gasteiger partial charge is 0.411 e. The average molecular weight is 452 g/mol. The second kappa shape index (κ2) is 10.2. The first-order chi connectivity index (χ1) is 13.6. The van der Waals surface area contributed by atoms with Gasteiger partial charge in [0.15, 0.2) is 0 Å². The molecule has 0 amide bonds. The van der Waals surface area contributed by atoms with Crippen LogP contribution in [0.5, 0.6) is 0 Å². The Kier molecular flexibility index (Phi) is 7.88. The fourth-order valence-corrected chi connectivity index (χ4v) is 5.37. The van der Waals surface area contributed by atoms with Crippen molar-refractivity contribution < 1.29 is 5.21 Å². The SMILES string of the molecule is C/C(CCN1CCN(C2Cc3ccccc3Sc3ccc(Cl)cc32)CC1)=N/O.Cl. The summed E-state index contributed by atoms with van der Waals surface area (Å²) < 4.78 is 0. The molecule has 4 nitrogen and oxygen atoms in total. The highest BCUT2D eigenvalue weighted by atomic mass is 35.5. The molecule has 2 aromatic carbocycles. The Balaban J connectivity index is 0.00000240. The van der Waals surface area contributed by atoms with Gasteiger partial charge < -0.3 is 10.1 Å². The van der Waals surface area contributed by atoms with Crippen LogP contribution in [-0.2, 0) is 6.42 Å². The van der Waals surface area contributed by atoms with Crippen molar-refractivity contribution in [3.8, 4) is 0 Å². The molecular formula is C22H27Cl2N3OS. The minimum absolute atomic E-state index is 0. The smallest absolute Gasteiger partial charge is 0.0552 e. The van der Waals surface area contributed by atoms with Crippen molar-refractivity contribution in [1.82, 2.24) is 9.80 Å². The van der Waals surface area contributed by atoms with Gasteiger partial charge in [0, 0.05) is 60.0 Å². The Bertz CT molecular complexity index is 869. The molecule has 1 unspecified atom stereocenters. The standard InChI is InChI=1S/C22H26ClN3OS.ClH/c1-16(24-27)8-9-25-10-12-26(13-11-25)20-14-17-4-2-3-5-21(17)28-22-7-6-18(23)15-19(20)22;/h2-7,15,20,27H,8-14H2,1H3;1H/b24-16-;. The van der Waals surface area contributed by atoms with Gasteiger partial charge in [0.2, 0.25) is 0 Å². The lowest BCUT2D eigenvalue weighted by atomic mass is 9.96. The van der Waals surface area contributed by atoms with Crippen molar-refractivity contribution in [3.63, 3.8) is 0 Å². The number of benzene rings is 2. The molecule has 29 heavy (non-hydrogen) atoms. The summed E-state index contributed by atoms with van der Waals surface area (Å²) in [4.78, 5) is 7.74. The third kappa shape index (κ3) is 5.28. The van der Waals surface area contributed by atoms with Crippen LogP contribution in [0.25, 0.3) is 0 Å². The molecule has 1 fully saturated rings. The predicted octanol–water partition coefficient (Wildman–Crippen LogP) is 5.37. The zero-order valence-electron chi connectivity index (χ0n) is 16.6. The quantitative estimate of drug-likeness (QED) is 0.385. The molecule has 0 aromatic heterocycles. The fourth-order valence-electron chi connectivity index (χ4n) is 4.08. The Morgan fingerprint density at radius 2 is 1.90 bits per heavy atom. The molecule has 7 heteroatoms. The monoisotopic (exact) mass is 451 g/mol. The Morgan fingerprint density at radius 1 is 1.14 bits per heavy atom. The van der Waals surface area contributed by atoms with Crippen LogP contribution in [-0.4, -0.2) is 53.4 Å². The van der Waals surface area contributed by atoms with Crippen LogP contribution in [0, 0.1) is 0 Å². The van der Waals surface area contributed by atoms with Crippen molar-refractivity contribution in [1.29, 1.82) is 0 Å². The second-order valence-electron chi connectivity index (χ2n) is 7.57. The number of oxime groups is 1. The molecule has 0 radical (unpaired) electrons. The Hall–Kier alpha value is -1.24. The highest BCUT2D eigenvalue weighted by Gasteiger charge is 2.30. The first-order valence-electron chi connectivity index (χ1n) is 9.83. The molecule has 2 aromatic rings. The topological polar surface area (TPSA) is 39.1 Å². The molecule has 1 atom stereocenters. The summed E-state index contributed by atoms with van der Waals surface area (Å²) in [7, 11) is 0. The average Bonchev–Trinajstić information content (AvgIpc) is 2.89. The van der Waals surface area contributed by atoms with E-state index in [4.69, 9.17) is 16.8 Å². The summed E-state index contributed by atoms with van der Waals surface area (Å²) in [5.74, 6) is 0. The molecule has 0 spiro atoms. The van der Waals surface area contributed by atoms with Crippen molar-refractivity contribution >= 4 is 41.5 Å². The maximum absolute atomic E-state index is 8.85. The van der Waals surface area contributed by atoms with E-state index in [9.17, 15) is 0 Å². The van der Waals surface area contributed by atoms with Crippen molar-refractivity contribution in [2.24, 2.45) is 5.16 Å². The van der Waals surface area contributed by atoms with E-state index < -0.39 is 0 Å². The number of nitrogens with zero attached hydrogens (tertiary/aromatic N) is 3. The van der Waals surface area contributed by atoms with E-state index in [1.54, 1.807) is 0 Å². The van der Waals surface area contributed by atoms with E-state index in [1.165, 1.54) is 20.9 Å².